The molecule has 3 heteroatoms. The lowest BCUT2D eigenvalue weighted by Gasteiger charge is -2.10. The van der Waals surface area contributed by atoms with Gasteiger partial charge in [-0.25, -0.2) is 0 Å². The number of carbonyl (C=O) groups excluding carboxylic acids is 2. The van der Waals surface area contributed by atoms with Gasteiger partial charge in [-0.3, -0.25) is 14.5 Å². The Morgan fingerprint density at radius 3 is 2.20 bits per heavy atom. The SMILES string of the molecule is CCC=C(C=CCN1C(=O)c2ccccc2C1=O)CC. The normalized spacial score (nSPS) is 15.3. The Bertz CT molecular complexity index is 549. The van der Waals surface area contributed by atoms with Crippen LogP contribution in [-0.2, 0) is 0 Å². The lowest BCUT2D eigenvalue weighted by Crippen LogP contribution is -2.29. The Balaban J connectivity index is 2.10. The van der Waals surface area contributed by atoms with E-state index in [1.807, 2.05) is 12.2 Å². The molecule has 0 N–H and O–H groups in total. The van der Waals surface area contributed by atoms with Gasteiger partial charge >= 0.3 is 0 Å². The molecule has 2 amide bonds. The second kappa shape index (κ2) is 6.33. The van der Waals surface area contributed by atoms with Gasteiger partial charge in [0.15, 0.2) is 0 Å². The predicted molar refractivity (Wildman–Crippen MR) is 79.6 cm³/mol. The first-order valence-corrected chi connectivity index (χ1v) is 6.99. The molecule has 1 aromatic carbocycles. The number of fused-ring (bicyclic) bond motifs is 1. The molecule has 0 bridgehead atoms. The van der Waals surface area contributed by atoms with E-state index in [1.165, 1.54) is 10.5 Å². The van der Waals surface area contributed by atoms with Crippen LogP contribution in [0.5, 0.6) is 0 Å². The van der Waals surface area contributed by atoms with Crippen LogP contribution >= 0.6 is 0 Å². The van der Waals surface area contributed by atoms with Gasteiger partial charge in [-0.05, 0) is 25.0 Å². The molecule has 1 aromatic rings. The largest absolute Gasteiger partial charge is 0.270 e. The standard InChI is InChI=1S/C17H19NO2/c1-3-8-13(4-2)9-7-12-18-16(19)14-10-5-6-11-15(14)17(18)20/h5-11H,3-4,12H2,1-2H3. The maximum absolute atomic E-state index is 12.1. The molecule has 20 heavy (non-hydrogen) atoms. The second-order valence-electron chi connectivity index (χ2n) is 4.71. The van der Waals surface area contributed by atoms with Gasteiger partial charge < -0.3 is 0 Å². The third kappa shape index (κ3) is 2.72. The van der Waals surface area contributed by atoms with Crippen LogP contribution in [0.2, 0.25) is 0 Å². The van der Waals surface area contributed by atoms with Crippen molar-refractivity contribution in [3.05, 3.63) is 59.2 Å². The molecular weight excluding hydrogens is 250 g/mol. The molecule has 0 saturated heterocycles. The van der Waals surface area contributed by atoms with Crippen molar-refractivity contribution in [1.82, 2.24) is 4.90 Å². The molecule has 0 unspecified atom stereocenters. The number of rotatable bonds is 5. The number of nitrogens with zero attached hydrogens (tertiary/aromatic N) is 1. The van der Waals surface area contributed by atoms with E-state index in [9.17, 15) is 9.59 Å². The smallest absolute Gasteiger partial charge is 0.261 e. The van der Waals surface area contributed by atoms with Gasteiger partial charge in [0.1, 0.15) is 0 Å². The Kier molecular flexibility index (Phi) is 4.51. The highest BCUT2D eigenvalue weighted by atomic mass is 16.2. The number of hydrogen-bond acceptors (Lipinski definition) is 2. The molecule has 0 aliphatic carbocycles. The zero-order valence-electron chi connectivity index (χ0n) is 11.9. The van der Waals surface area contributed by atoms with Crippen LogP contribution in [0.3, 0.4) is 0 Å². The zero-order chi connectivity index (χ0) is 14.5. The molecule has 1 heterocycles. The number of benzene rings is 1. The van der Waals surface area contributed by atoms with Crippen molar-refractivity contribution in [2.45, 2.75) is 26.7 Å². The maximum atomic E-state index is 12.1. The van der Waals surface area contributed by atoms with Crippen molar-refractivity contribution < 1.29 is 9.59 Å². The Hall–Kier alpha value is -2.16. The van der Waals surface area contributed by atoms with E-state index in [-0.39, 0.29) is 11.8 Å². The number of hydrogen-bond donors (Lipinski definition) is 0. The molecule has 2 rings (SSSR count). The number of amides is 2. The summed E-state index contributed by atoms with van der Waals surface area (Å²) >= 11 is 0. The average molecular weight is 269 g/mol. The van der Waals surface area contributed by atoms with Crippen LogP contribution < -0.4 is 0 Å². The first kappa shape index (κ1) is 14.3. The monoisotopic (exact) mass is 269 g/mol. The van der Waals surface area contributed by atoms with Crippen LogP contribution in [0.4, 0.5) is 0 Å². The van der Waals surface area contributed by atoms with Crippen LogP contribution in [-0.4, -0.2) is 23.3 Å². The van der Waals surface area contributed by atoms with E-state index in [0.717, 1.165) is 12.8 Å². The van der Waals surface area contributed by atoms with Gasteiger partial charge in [-0.2, -0.15) is 0 Å². The quantitative estimate of drug-likeness (QED) is 0.605. The van der Waals surface area contributed by atoms with E-state index in [1.54, 1.807) is 24.3 Å². The summed E-state index contributed by atoms with van der Waals surface area (Å²) in [7, 11) is 0. The van der Waals surface area contributed by atoms with E-state index in [4.69, 9.17) is 0 Å². The fourth-order valence-corrected chi connectivity index (χ4v) is 2.31. The third-order valence-corrected chi connectivity index (χ3v) is 3.37. The third-order valence-electron chi connectivity index (χ3n) is 3.37. The number of allylic oxidation sites excluding steroid dienone is 3. The van der Waals surface area contributed by atoms with Gasteiger partial charge in [0.25, 0.3) is 11.8 Å². The molecule has 0 spiro atoms. The first-order chi connectivity index (χ1) is 9.69. The number of carbonyl (C=O) groups is 2. The first-order valence-electron chi connectivity index (χ1n) is 6.99. The van der Waals surface area contributed by atoms with Crippen LogP contribution in [0.15, 0.2) is 48.1 Å². The lowest BCUT2D eigenvalue weighted by molar-refractivity contribution is 0.0672. The van der Waals surface area contributed by atoms with Crippen molar-refractivity contribution in [2.24, 2.45) is 0 Å². The molecule has 104 valence electrons. The topological polar surface area (TPSA) is 37.4 Å². The molecule has 0 fully saturated rings. The van der Waals surface area contributed by atoms with Gasteiger partial charge in [-0.15, -0.1) is 0 Å². The maximum Gasteiger partial charge on any atom is 0.261 e. The molecule has 3 nitrogen and oxygen atoms in total. The fourth-order valence-electron chi connectivity index (χ4n) is 2.31. The minimum Gasteiger partial charge on any atom is -0.270 e. The Morgan fingerprint density at radius 1 is 1.10 bits per heavy atom. The number of imide groups is 1. The molecule has 1 aliphatic heterocycles. The molecule has 0 radical (unpaired) electrons. The highest BCUT2D eigenvalue weighted by Gasteiger charge is 2.33. The van der Waals surface area contributed by atoms with Gasteiger partial charge in [0, 0.05) is 6.54 Å². The molecule has 0 atom stereocenters. The van der Waals surface area contributed by atoms with E-state index >= 15 is 0 Å². The summed E-state index contributed by atoms with van der Waals surface area (Å²) in [5.41, 5.74) is 2.24. The van der Waals surface area contributed by atoms with Crippen molar-refractivity contribution in [2.75, 3.05) is 6.54 Å². The van der Waals surface area contributed by atoms with Gasteiger partial charge in [0.05, 0.1) is 11.1 Å². The van der Waals surface area contributed by atoms with Gasteiger partial charge in [0.2, 0.25) is 0 Å². The van der Waals surface area contributed by atoms with E-state index in [0.29, 0.717) is 17.7 Å². The van der Waals surface area contributed by atoms with Crippen molar-refractivity contribution in [3.8, 4) is 0 Å². The average Bonchev–Trinajstić information content (AvgIpc) is 2.71. The van der Waals surface area contributed by atoms with Crippen molar-refractivity contribution in [1.29, 1.82) is 0 Å². The highest BCUT2D eigenvalue weighted by molar-refractivity contribution is 6.21. The summed E-state index contributed by atoms with van der Waals surface area (Å²) in [5, 5.41) is 0. The van der Waals surface area contributed by atoms with Crippen LogP contribution in [0.1, 0.15) is 47.4 Å². The molecule has 0 aromatic heterocycles. The second-order valence-corrected chi connectivity index (χ2v) is 4.71. The molecule has 0 saturated carbocycles. The highest BCUT2D eigenvalue weighted by Crippen LogP contribution is 2.22. The van der Waals surface area contributed by atoms with Gasteiger partial charge in [-0.1, -0.05) is 49.8 Å². The minimum atomic E-state index is -0.201. The summed E-state index contributed by atoms with van der Waals surface area (Å²) in [6.07, 6.45) is 7.96. The summed E-state index contributed by atoms with van der Waals surface area (Å²) in [6, 6.07) is 6.96. The lowest BCUT2D eigenvalue weighted by atomic mass is 10.1. The molecular formula is C17H19NO2. The summed E-state index contributed by atoms with van der Waals surface area (Å²) < 4.78 is 0. The van der Waals surface area contributed by atoms with Crippen LogP contribution in [0.25, 0.3) is 0 Å². The zero-order valence-corrected chi connectivity index (χ0v) is 11.9. The van der Waals surface area contributed by atoms with Crippen molar-refractivity contribution in [3.63, 3.8) is 0 Å². The Morgan fingerprint density at radius 2 is 1.70 bits per heavy atom. The molecule has 1 aliphatic rings. The summed E-state index contributed by atoms with van der Waals surface area (Å²) in [4.78, 5) is 25.6. The minimum absolute atomic E-state index is 0.201. The van der Waals surface area contributed by atoms with E-state index < -0.39 is 0 Å². The summed E-state index contributed by atoms with van der Waals surface area (Å²) in [5.74, 6) is -0.402. The summed E-state index contributed by atoms with van der Waals surface area (Å²) in [6.45, 7) is 4.51. The predicted octanol–water partition coefficient (Wildman–Crippen LogP) is 3.59. The Labute approximate surface area is 119 Å². The van der Waals surface area contributed by atoms with E-state index in [2.05, 4.69) is 19.9 Å². The van der Waals surface area contributed by atoms with Crippen LogP contribution in [0, 0.1) is 0 Å². The van der Waals surface area contributed by atoms with Crippen molar-refractivity contribution >= 4 is 11.8 Å². The fraction of sp³-hybridized carbons (Fsp3) is 0.294.